The molecule has 0 aliphatic rings. The number of benzene rings is 1. The molecule has 2 N–H and O–H groups in total. The van der Waals surface area contributed by atoms with Crippen LogP contribution in [0.4, 0.5) is 0 Å². The zero-order valence-electron chi connectivity index (χ0n) is 14.0. The van der Waals surface area contributed by atoms with E-state index in [-0.39, 0.29) is 17.2 Å². The minimum atomic E-state index is -0.591. The van der Waals surface area contributed by atoms with Gasteiger partial charge in [-0.15, -0.1) is 0 Å². The van der Waals surface area contributed by atoms with E-state index in [9.17, 15) is 9.59 Å². The first-order valence-corrected chi connectivity index (χ1v) is 7.43. The Morgan fingerprint density at radius 2 is 1.77 bits per heavy atom. The van der Waals surface area contributed by atoms with Gasteiger partial charge in [0.2, 0.25) is 5.91 Å². The van der Waals surface area contributed by atoms with Gasteiger partial charge in [-0.1, -0.05) is 32.9 Å². The molecule has 0 radical (unpaired) electrons. The number of hydrogen-bond acceptors (Lipinski definition) is 3. The van der Waals surface area contributed by atoms with Crippen molar-refractivity contribution < 1.29 is 14.3 Å². The summed E-state index contributed by atoms with van der Waals surface area (Å²) in [7, 11) is 1.57. The highest BCUT2D eigenvalue weighted by Crippen LogP contribution is 2.22. The van der Waals surface area contributed by atoms with Crippen LogP contribution in [0.1, 0.15) is 43.6 Å². The van der Waals surface area contributed by atoms with Crippen LogP contribution in [-0.2, 0) is 14.9 Å². The highest BCUT2D eigenvalue weighted by atomic mass is 16.5. The van der Waals surface area contributed by atoms with E-state index in [0.29, 0.717) is 18.7 Å². The molecule has 122 valence electrons. The van der Waals surface area contributed by atoms with E-state index in [1.165, 1.54) is 0 Å². The van der Waals surface area contributed by atoms with E-state index in [2.05, 4.69) is 31.4 Å². The number of amides is 2. The zero-order valence-corrected chi connectivity index (χ0v) is 14.0. The molecule has 2 amide bonds. The first-order chi connectivity index (χ1) is 10.3. The first-order valence-electron chi connectivity index (χ1n) is 7.43. The Labute approximate surface area is 132 Å². The van der Waals surface area contributed by atoms with Crippen molar-refractivity contribution in [3.05, 3.63) is 35.4 Å². The molecule has 0 unspecified atom stereocenters. The first kappa shape index (κ1) is 18.2. The lowest BCUT2D eigenvalue weighted by Gasteiger charge is -2.19. The molecule has 1 aromatic rings. The van der Waals surface area contributed by atoms with Gasteiger partial charge in [0, 0.05) is 19.2 Å². The van der Waals surface area contributed by atoms with Crippen LogP contribution >= 0.6 is 0 Å². The molecule has 5 heteroatoms. The Kier molecular flexibility index (Phi) is 6.56. The minimum Gasteiger partial charge on any atom is -0.383 e. The predicted molar refractivity (Wildman–Crippen MR) is 87.0 cm³/mol. The van der Waals surface area contributed by atoms with Crippen LogP contribution in [0.2, 0.25) is 0 Å². The minimum absolute atomic E-state index is 0.0452. The summed E-state index contributed by atoms with van der Waals surface area (Å²) >= 11 is 0. The molecule has 0 saturated carbocycles. The third-order valence-corrected chi connectivity index (χ3v) is 3.36. The van der Waals surface area contributed by atoms with Crippen molar-refractivity contribution in [2.24, 2.45) is 0 Å². The van der Waals surface area contributed by atoms with E-state index >= 15 is 0 Å². The normalized spacial score (nSPS) is 12.6. The van der Waals surface area contributed by atoms with Crippen LogP contribution in [0.3, 0.4) is 0 Å². The second-order valence-corrected chi connectivity index (χ2v) is 6.31. The Balaban J connectivity index is 2.59. The second-order valence-electron chi connectivity index (χ2n) is 6.31. The van der Waals surface area contributed by atoms with Gasteiger partial charge in [-0.25, -0.2) is 0 Å². The molecule has 1 rings (SSSR count). The zero-order chi connectivity index (χ0) is 16.8. The molecule has 0 fully saturated rings. The van der Waals surface area contributed by atoms with Crippen LogP contribution in [0, 0.1) is 0 Å². The van der Waals surface area contributed by atoms with E-state index < -0.39 is 6.04 Å². The van der Waals surface area contributed by atoms with Gasteiger partial charge in [-0.2, -0.15) is 0 Å². The standard InChI is InChI=1S/C17H26N2O3/c1-12(15(20)18-10-11-22-5)19-16(21)13-6-8-14(9-7-13)17(2,3)4/h6-9,12H,10-11H2,1-5H3,(H,18,20)(H,19,21)/t12-/m1/s1. The van der Waals surface area contributed by atoms with Crippen LogP contribution in [0.5, 0.6) is 0 Å². The van der Waals surface area contributed by atoms with Crippen LogP contribution in [0.15, 0.2) is 24.3 Å². The summed E-state index contributed by atoms with van der Waals surface area (Å²) in [5.41, 5.74) is 1.75. The molecular formula is C17H26N2O3. The molecule has 1 atom stereocenters. The lowest BCUT2D eigenvalue weighted by molar-refractivity contribution is -0.122. The van der Waals surface area contributed by atoms with Crippen molar-refractivity contribution in [1.82, 2.24) is 10.6 Å². The third-order valence-electron chi connectivity index (χ3n) is 3.36. The van der Waals surface area contributed by atoms with Crippen molar-refractivity contribution in [3.63, 3.8) is 0 Å². The number of carbonyl (C=O) groups is 2. The number of carbonyl (C=O) groups excluding carboxylic acids is 2. The Bertz CT molecular complexity index is 504. The van der Waals surface area contributed by atoms with E-state index in [1.54, 1.807) is 26.2 Å². The van der Waals surface area contributed by atoms with Crippen LogP contribution in [0.25, 0.3) is 0 Å². The van der Waals surface area contributed by atoms with Crippen molar-refractivity contribution in [3.8, 4) is 0 Å². The SMILES string of the molecule is COCCNC(=O)[C@@H](C)NC(=O)c1ccc(C(C)(C)C)cc1. The largest absolute Gasteiger partial charge is 0.383 e. The van der Waals surface area contributed by atoms with Crippen molar-refractivity contribution in [1.29, 1.82) is 0 Å². The van der Waals surface area contributed by atoms with Gasteiger partial charge in [0.25, 0.3) is 5.91 Å². The summed E-state index contributed by atoms with van der Waals surface area (Å²) in [5, 5.41) is 5.38. The lowest BCUT2D eigenvalue weighted by atomic mass is 9.86. The molecule has 0 aliphatic heterocycles. The highest BCUT2D eigenvalue weighted by molar-refractivity contribution is 5.97. The van der Waals surface area contributed by atoms with Gasteiger partial charge in [0.15, 0.2) is 0 Å². The second kappa shape index (κ2) is 7.94. The van der Waals surface area contributed by atoms with Crippen LogP contribution < -0.4 is 10.6 Å². The molecule has 0 bridgehead atoms. The molecule has 0 spiro atoms. The van der Waals surface area contributed by atoms with Gasteiger partial charge in [0.1, 0.15) is 6.04 Å². The summed E-state index contributed by atoms with van der Waals surface area (Å²) in [6.45, 7) is 8.89. The Morgan fingerprint density at radius 3 is 2.27 bits per heavy atom. The third kappa shape index (κ3) is 5.48. The van der Waals surface area contributed by atoms with E-state index in [4.69, 9.17) is 4.74 Å². The van der Waals surface area contributed by atoms with Gasteiger partial charge in [-0.3, -0.25) is 9.59 Å². The van der Waals surface area contributed by atoms with Gasteiger partial charge in [0.05, 0.1) is 6.61 Å². The smallest absolute Gasteiger partial charge is 0.251 e. The fourth-order valence-electron chi connectivity index (χ4n) is 1.90. The monoisotopic (exact) mass is 306 g/mol. The molecule has 22 heavy (non-hydrogen) atoms. The van der Waals surface area contributed by atoms with Crippen molar-refractivity contribution in [2.75, 3.05) is 20.3 Å². The Hall–Kier alpha value is -1.88. The maximum Gasteiger partial charge on any atom is 0.251 e. The number of nitrogens with one attached hydrogen (secondary N) is 2. The molecule has 1 aromatic carbocycles. The fourth-order valence-corrected chi connectivity index (χ4v) is 1.90. The predicted octanol–water partition coefficient (Wildman–Crippen LogP) is 1.86. The summed E-state index contributed by atoms with van der Waals surface area (Å²) < 4.78 is 4.86. The summed E-state index contributed by atoms with van der Waals surface area (Å²) in [6, 6.07) is 6.86. The van der Waals surface area contributed by atoms with E-state index in [1.807, 2.05) is 12.1 Å². The Morgan fingerprint density at radius 1 is 1.18 bits per heavy atom. The fraction of sp³-hybridized carbons (Fsp3) is 0.529. The molecule has 0 saturated heterocycles. The number of rotatable bonds is 6. The molecule has 0 aliphatic carbocycles. The maximum atomic E-state index is 12.1. The molecule has 0 aromatic heterocycles. The summed E-state index contributed by atoms with van der Waals surface area (Å²) in [5.74, 6) is -0.480. The maximum absolute atomic E-state index is 12.1. The van der Waals surface area contributed by atoms with Crippen molar-refractivity contribution >= 4 is 11.8 Å². The number of methoxy groups -OCH3 is 1. The number of hydrogen-bond donors (Lipinski definition) is 2. The van der Waals surface area contributed by atoms with Gasteiger partial charge in [-0.05, 0) is 30.0 Å². The highest BCUT2D eigenvalue weighted by Gasteiger charge is 2.17. The van der Waals surface area contributed by atoms with Gasteiger partial charge >= 0.3 is 0 Å². The molecule has 5 nitrogen and oxygen atoms in total. The van der Waals surface area contributed by atoms with Crippen LogP contribution in [-0.4, -0.2) is 38.1 Å². The average Bonchev–Trinajstić information content (AvgIpc) is 2.46. The summed E-state index contributed by atoms with van der Waals surface area (Å²) in [4.78, 5) is 23.9. The van der Waals surface area contributed by atoms with E-state index in [0.717, 1.165) is 5.56 Å². The lowest BCUT2D eigenvalue weighted by Crippen LogP contribution is -2.45. The van der Waals surface area contributed by atoms with Gasteiger partial charge < -0.3 is 15.4 Å². The topological polar surface area (TPSA) is 67.4 Å². The number of ether oxygens (including phenoxy) is 1. The quantitative estimate of drug-likeness (QED) is 0.788. The molecular weight excluding hydrogens is 280 g/mol. The molecule has 0 heterocycles. The average molecular weight is 306 g/mol. The van der Waals surface area contributed by atoms with Crippen molar-refractivity contribution in [2.45, 2.75) is 39.2 Å². The summed E-state index contributed by atoms with van der Waals surface area (Å²) in [6.07, 6.45) is 0.